The van der Waals surface area contributed by atoms with Crippen molar-refractivity contribution in [2.24, 2.45) is 0 Å². The summed E-state index contributed by atoms with van der Waals surface area (Å²) in [4.78, 5) is 0. The molecular formula is C19H22BrN. The molecule has 0 heterocycles. The first kappa shape index (κ1) is 14.8. The molecular weight excluding hydrogens is 322 g/mol. The van der Waals surface area contributed by atoms with Gasteiger partial charge in [-0.2, -0.15) is 0 Å². The second-order valence-corrected chi connectivity index (χ2v) is 7.06. The van der Waals surface area contributed by atoms with Crippen molar-refractivity contribution in [2.45, 2.75) is 37.6 Å². The van der Waals surface area contributed by atoms with Crippen molar-refractivity contribution in [1.82, 2.24) is 5.32 Å². The summed E-state index contributed by atoms with van der Waals surface area (Å²) in [6.45, 7) is 3.37. The van der Waals surface area contributed by atoms with Gasteiger partial charge in [-0.3, -0.25) is 0 Å². The van der Waals surface area contributed by atoms with E-state index in [0.29, 0.717) is 12.0 Å². The van der Waals surface area contributed by atoms with Gasteiger partial charge in [0.15, 0.2) is 0 Å². The lowest BCUT2D eigenvalue weighted by Gasteiger charge is -2.37. The van der Waals surface area contributed by atoms with Crippen LogP contribution in [0.4, 0.5) is 0 Å². The molecule has 1 aliphatic rings. The van der Waals surface area contributed by atoms with Crippen LogP contribution >= 0.6 is 15.9 Å². The zero-order chi connectivity index (χ0) is 14.7. The summed E-state index contributed by atoms with van der Waals surface area (Å²) in [5.74, 6) is 1.31. The predicted molar refractivity (Wildman–Crippen MR) is 92.8 cm³/mol. The van der Waals surface area contributed by atoms with E-state index in [1.54, 1.807) is 0 Å². The van der Waals surface area contributed by atoms with E-state index in [9.17, 15) is 0 Å². The van der Waals surface area contributed by atoms with E-state index >= 15 is 0 Å². The monoisotopic (exact) mass is 343 g/mol. The zero-order valence-corrected chi connectivity index (χ0v) is 14.0. The summed E-state index contributed by atoms with van der Waals surface area (Å²) in [6, 6.07) is 20.2. The Kier molecular flexibility index (Phi) is 4.77. The Hall–Kier alpha value is -1.12. The van der Waals surface area contributed by atoms with Gasteiger partial charge in [0.05, 0.1) is 0 Å². The van der Waals surface area contributed by atoms with Crippen LogP contribution in [0.25, 0.3) is 0 Å². The molecule has 1 aliphatic carbocycles. The van der Waals surface area contributed by atoms with Gasteiger partial charge in [-0.15, -0.1) is 0 Å². The minimum atomic E-state index is 0.580. The van der Waals surface area contributed by atoms with Gasteiger partial charge < -0.3 is 5.32 Å². The third-order valence-corrected chi connectivity index (χ3v) is 5.03. The molecule has 110 valence electrons. The first-order chi connectivity index (χ1) is 10.2. The minimum absolute atomic E-state index is 0.580. The number of halogens is 1. The topological polar surface area (TPSA) is 12.0 Å². The summed E-state index contributed by atoms with van der Waals surface area (Å²) in [6.07, 6.45) is 2.52. The molecule has 0 radical (unpaired) electrons. The average Bonchev–Trinajstić information content (AvgIpc) is 2.46. The van der Waals surface area contributed by atoms with Gasteiger partial charge >= 0.3 is 0 Å². The summed E-state index contributed by atoms with van der Waals surface area (Å²) < 4.78 is 1.19. The molecule has 0 bridgehead atoms. The molecule has 1 atom stereocenters. The molecule has 2 heteroatoms. The molecule has 2 aromatic carbocycles. The fourth-order valence-corrected chi connectivity index (χ4v) is 3.48. The number of nitrogens with one attached hydrogen (secondary N) is 1. The molecule has 0 aliphatic heterocycles. The standard InChI is InChI=1S/C19H22BrN/c1-14(15-6-3-2-4-7-15)13-21-19-11-17(12-19)16-8-5-9-18(20)10-16/h2-10,14,17,19,21H,11-13H2,1H3. The molecule has 1 unspecified atom stereocenters. The van der Waals surface area contributed by atoms with Crippen molar-refractivity contribution in [1.29, 1.82) is 0 Å². The lowest BCUT2D eigenvalue weighted by atomic mass is 9.76. The molecule has 0 amide bonds. The number of benzene rings is 2. The quantitative estimate of drug-likeness (QED) is 0.797. The van der Waals surface area contributed by atoms with Crippen LogP contribution in [-0.4, -0.2) is 12.6 Å². The third kappa shape index (κ3) is 3.75. The Morgan fingerprint density at radius 2 is 1.86 bits per heavy atom. The van der Waals surface area contributed by atoms with Crippen LogP contribution in [0, 0.1) is 0 Å². The third-order valence-electron chi connectivity index (χ3n) is 4.54. The lowest BCUT2D eigenvalue weighted by Crippen LogP contribution is -2.41. The molecule has 0 saturated heterocycles. The number of rotatable bonds is 5. The summed E-state index contributed by atoms with van der Waals surface area (Å²) in [7, 11) is 0. The molecule has 1 saturated carbocycles. The largest absolute Gasteiger partial charge is 0.313 e. The summed E-state index contributed by atoms with van der Waals surface area (Å²) >= 11 is 3.56. The molecule has 1 N–H and O–H groups in total. The Bertz CT molecular complexity index is 575. The highest BCUT2D eigenvalue weighted by Gasteiger charge is 2.30. The molecule has 0 aromatic heterocycles. The highest BCUT2D eigenvalue weighted by Crippen LogP contribution is 2.37. The van der Waals surface area contributed by atoms with Crippen LogP contribution in [0.15, 0.2) is 59.1 Å². The van der Waals surface area contributed by atoms with Crippen LogP contribution in [-0.2, 0) is 0 Å². The molecule has 1 fully saturated rings. The number of hydrogen-bond donors (Lipinski definition) is 1. The van der Waals surface area contributed by atoms with Gasteiger partial charge in [0, 0.05) is 17.1 Å². The van der Waals surface area contributed by atoms with Gasteiger partial charge in [0.1, 0.15) is 0 Å². The lowest BCUT2D eigenvalue weighted by molar-refractivity contribution is 0.287. The second kappa shape index (κ2) is 6.76. The van der Waals surface area contributed by atoms with E-state index in [1.165, 1.54) is 28.4 Å². The minimum Gasteiger partial charge on any atom is -0.313 e. The Balaban J connectivity index is 1.45. The highest BCUT2D eigenvalue weighted by molar-refractivity contribution is 9.10. The SMILES string of the molecule is CC(CNC1CC(c2cccc(Br)c2)C1)c1ccccc1. The molecule has 0 spiro atoms. The van der Waals surface area contributed by atoms with Crippen molar-refractivity contribution in [3.8, 4) is 0 Å². The van der Waals surface area contributed by atoms with Crippen LogP contribution in [0.1, 0.15) is 42.7 Å². The van der Waals surface area contributed by atoms with E-state index in [1.807, 2.05) is 0 Å². The number of hydrogen-bond acceptors (Lipinski definition) is 1. The van der Waals surface area contributed by atoms with Crippen LogP contribution in [0.2, 0.25) is 0 Å². The fraction of sp³-hybridized carbons (Fsp3) is 0.368. The van der Waals surface area contributed by atoms with E-state index in [-0.39, 0.29) is 0 Å². The summed E-state index contributed by atoms with van der Waals surface area (Å²) in [5, 5.41) is 3.72. The van der Waals surface area contributed by atoms with Gasteiger partial charge in [0.25, 0.3) is 0 Å². The van der Waals surface area contributed by atoms with Crippen molar-refractivity contribution in [2.75, 3.05) is 6.54 Å². The Morgan fingerprint density at radius 1 is 1.10 bits per heavy atom. The fourth-order valence-electron chi connectivity index (χ4n) is 3.06. The maximum Gasteiger partial charge on any atom is 0.0178 e. The van der Waals surface area contributed by atoms with Gasteiger partial charge in [0.2, 0.25) is 0 Å². The first-order valence-corrected chi connectivity index (χ1v) is 8.55. The predicted octanol–water partition coefficient (Wildman–Crippen LogP) is 5.09. The van der Waals surface area contributed by atoms with Gasteiger partial charge in [-0.05, 0) is 47.9 Å². The smallest absolute Gasteiger partial charge is 0.0178 e. The summed E-state index contributed by atoms with van der Waals surface area (Å²) in [5.41, 5.74) is 2.89. The van der Waals surface area contributed by atoms with Gasteiger partial charge in [-0.1, -0.05) is 65.3 Å². The van der Waals surface area contributed by atoms with Crippen molar-refractivity contribution in [3.63, 3.8) is 0 Å². The van der Waals surface area contributed by atoms with E-state index in [0.717, 1.165) is 12.5 Å². The van der Waals surface area contributed by atoms with Crippen LogP contribution in [0.3, 0.4) is 0 Å². The van der Waals surface area contributed by atoms with E-state index in [2.05, 4.69) is 82.8 Å². The van der Waals surface area contributed by atoms with Crippen molar-refractivity contribution in [3.05, 3.63) is 70.2 Å². The van der Waals surface area contributed by atoms with Crippen LogP contribution < -0.4 is 5.32 Å². The molecule has 2 aromatic rings. The zero-order valence-electron chi connectivity index (χ0n) is 12.4. The van der Waals surface area contributed by atoms with Gasteiger partial charge in [-0.25, -0.2) is 0 Å². The Labute approximate surface area is 135 Å². The Morgan fingerprint density at radius 3 is 2.57 bits per heavy atom. The van der Waals surface area contributed by atoms with Crippen LogP contribution in [0.5, 0.6) is 0 Å². The van der Waals surface area contributed by atoms with E-state index in [4.69, 9.17) is 0 Å². The molecule has 1 nitrogen and oxygen atoms in total. The van der Waals surface area contributed by atoms with Crippen molar-refractivity contribution >= 4 is 15.9 Å². The average molecular weight is 344 g/mol. The second-order valence-electron chi connectivity index (χ2n) is 6.14. The first-order valence-electron chi connectivity index (χ1n) is 7.76. The maximum absolute atomic E-state index is 3.72. The maximum atomic E-state index is 3.72. The highest BCUT2D eigenvalue weighted by atomic mass is 79.9. The molecule has 21 heavy (non-hydrogen) atoms. The normalized spacial score (nSPS) is 22.6. The van der Waals surface area contributed by atoms with Crippen molar-refractivity contribution < 1.29 is 0 Å². The molecule has 3 rings (SSSR count). The van der Waals surface area contributed by atoms with E-state index < -0.39 is 0 Å².